The number of hydrogen-bond donors (Lipinski definition) is 2. The van der Waals surface area contributed by atoms with Crippen LogP contribution in [0.4, 0.5) is 5.00 Å². The first-order chi connectivity index (χ1) is 13.1. The van der Waals surface area contributed by atoms with E-state index in [2.05, 4.69) is 15.6 Å². The molecular formula is C21H20ClN3OS. The number of aromatic nitrogens is 1. The van der Waals surface area contributed by atoms with Crippen molar-refractivity contribution >= 4 is 33.8 Å². The van der Waals surface area contributed by atoms with E-state index in [1.54, 1.807) is 0 Å². The number of carbonyl (C=O) groups is 1. The summed E-state index contributed by atoms with van der Waals surface area (Å²) >= 11 is 7.46. The molecule has 0 aliphatic carbocycles. The van der Waals surface area contributed by atoms with Crippen LogP contribution in [-0.4, -0.2) is 17.4 Å². The van der Waals surface area contributed by atoms with Crippen molar-refractivity contribution in [3.8, 4) is 0 Å². The van der Waals surface area contributed by atoms with E-state index < -0.39 is 0 Å². The number of rotatable bonds is 4. The predicted octanol–water partition coefficient (Wildman–Crippen LogP) is 4.59. The molecule has 0 atom stereocenters. The Kier molecular flexibility index (Phi) is 5.25. The van der Waals surface area contributed by atoms with E-state index in [9.17, 15) is 4.79 Å². The van der Waals surface area contributed by atoms with Crippen LogP contribution in [-0.2, 0) is 19.4 Å². The zero-order valence-corrected chi connectivity index (χ0v) is 16.6. The summed E-state index contributed by atoms with van der Waals surface area (Å²) in [4.78, 5) is 17.3. The quantitative estimate of drug-likeness (QED) is 0.676. The Labute approximate surface area is 167 Å². The second-order valence-electron chi connectivity index (χ2n) is 6.69. The molecule has 1 aliphatic heterocycles. The number of anilines is 1. The summed E-state index contributed by atoms with van der Waals surface area (Å²) in [5.41, 5.74) is 5.22. The zero-order chi connectivity index (χ0) is 18.8. The average Bonchev–Trinajstić information content (AvgIpc) is 3.02. The second-order valence-corrected chi connectivity index (χ2v) is 8.21. The number of nitrogens with one attached hydrogen (secondary N) is 2. The molecule has 4 nitrogen and oxygen atoms in total. The van der Waals surface area contributed by atoms with E-state index in [0.29, 0.717) is 5.56 Å². The smallest absolute Gasteiger partial charge is 0.256 e. The fraction of sp³-hybridized carbons (Fsp3) is 0.238. The van der Waals surface area contributed by atoms with Crippen LogP contribution in [0.2, 0.25) is 5.02 Å². The van der Waals surface area contributed by atoms with Crippen LogP contribution in [0.15, 0.2) is 42.5 Å². The fourth-order valence-electron chi connectivity index (χ4n) is 3.21. The lowest BCUT2D eigenvalue weighted by Crippen LogP contribution is -2.24. The van der Waals surface area contributed by atoms with Crippen molar-refractivity contribution in [2.75, 3.05) is 11.9 Å². The Morgan fingerprint density at radius 2 is 2.04 bits per heavy atom. The van der Waals surface area contributed by atoms with Gasteiger partial charge < -0.3 is 10.6 Å². The standard InChI is InChI=1S/C21H20ClN3OS/c1-13-21(27-19(24-13)10-14-2-6-18(22)7-3-14)25-20(26)16-4-5-17-12-23-9-8-15(17)11-16/h2-7,11,23H,8-10,12H2,1H3,(H,25,26). The minimum atomic E-state index is -0.0823. The molecule has 0 radical (unpaired) electrons. The molecule has 0 saturated heterocycles. The number of aryl methyl sites for hydroxylation is 1. The number of amides is 1. The molecule has 4 rings (SSSR count). The summed E-state index contributed by atoms with van der Waals surface area (Å²) < 4.78 is 0. The zero-order valence-electron chi connectivity index (χ0n) is 15.0. The molecule has 1 aromatic heterocycles. The van der Waals surface area contributed by atoms with Gasteiger partial charge in [0, 0.05) is 23.6 Å². The summed E-state index contributed by atoms with van der Waals surface area (Å²) in [5.74, 6) is -0.0823. The highest BCUT2D eigenvalue weighted by atomic mass is 35.5. The van der Waals surface area contributed by atoms with Gasteiger partial charge in [-0.3, -0.25) is 4.79 Å². The SMILES string of the molecule is Cc1nc(Cc2ccc(Cl)cc2)sc1NC(=O)c1ccc2c(c1)CCNC2. The van der Waals surface area contributed by atoms with Crippen LogP contribution in [0, 0.1) is 6.92 Å². The highest BCUT2D eigenvalue weighted by Gasteiger charge is 2.15. The third-order valence-electron chi connectivity index (χ3n) is 4.69. The van der Waals surface area contributed by atoms with Crippen molar-refractivity contribution in [3.63, 3.8) is 0 Å². The molecule has 2 aromatic carbocycles. The summed E-state index contributed by atoms with van der Waals surface area (Å²) in [5, 5.41) is 8.88. The monoisotopic (exact) mass is 397 g/mol. The van der Waals surface area contributed by atoms with Gasteiger partial charge in [0.05, 0.1) is 10.7 Å². The van der Waals surface area contributed by atoms with Crippen molar-refractivity contribution in [3.05, 3.63) is 80.4 Å². The molecule has 0 spiro atoms. The molecule has 6 heteroatoms. The van der Waals surface area contributed by atoms with Gasteiger partial charge in [-0.2, -0.15) is 0 Å². The van der Waals surface area contributed by atoms with Crippen LogP contribution in [0.3, 0.4) is 0 Å². The molecule has 2 heterocycles. The molecule has 0 bridgehead atoms. The van der Waals surface area contributed by atoms with Gasteiger partial charge in [-0.05, 0) is 60.8 Å². The van der Waals surface area contributed by atoms with Gasteiger partial charge in [0.1, 0.15) is 5.00 Å². The van der Waals surface area contributed by atoms with Crippen molar-refractivity contribution in [2.24, 2.45) is 0 Å². The highest BCUT2D eigenvalue weighted by Crippen LogP contribution is 2.27. The number of benzene rings is 2. The van der Waals surface area contributed by atoms with Crippen molar-refractivity contribution in [2.45, 2.75) is 26.3 Å². The van der Waals surface area contributed by atoms with E-state index >= 15 is 0 Å². The number of carbonyl (C=O) groups excluding carboxylic acids is 1. The summed E-state index contributed by atoms with van der Waals surface area (Å²) in [7, 11) is 0. The molecule has 1 amide bonds. The third kappa shape index (κ3) is 4.21. The average molecular weight is 398 g/mol. The van der Waals surface area contributed by atoms with Gasteiger partial charge in [0.15, 0.2) is 0 Å². The minimum Gasteiger partial charge on any atom is -0.312 e. The van der Waals surface area contributed by atoms with Crippen LogP contribution in [0.25, 0.3) is 0 Å². The summed E-state index contributed by atoms with van der Waals surface area (Å²) in [6.45, 7) is 3.76. The van der Waals surface area contributed by atoms with Crippen molar-refractivity contribution in [1.82, 2.24) is 10.3 Å². The van der Waals surface area contributed by atoms with Gasteiger partial charge in [0.25, 0.3) is 5.91 Å². The van der Waals surface area contributed by atoms with Crippen molar-refractivity contribution < 1.29 is 4.79 Å². The highest BCUT2D eigenvalue weighted by molar-refractivity contribution is 7.16. The van der Waals surface area contributed by atoms with Crippen LogP contribution >= 0.6 is 22.9 Å². The Bertz CT molecular complexity index is 982. The van der Waals surface area contributed by atoms with Gasteiger partial charge in [0.2, 0.25) is 0 Å². The number of halogens is 1. The third-order valence-corrected chi connectivity index (χ3v) is 6.02. The Morgan fingerprint density at radius 1 is 1.22 bits per heavy atom. The number of fused-ring (bicyclic) bond motifs is 1. The molecule has 0 saturated carbocycles. The minimum absolute atomic E-state index is 0.0823. The largest absolute Gasteiger partial charge is 0.312 e. The van der Waals surface area contributed by atoms with Crippen LogP contribution in [0.1, 0.15) is 37.7 Å². The Morgan fingerprint density at radius 3 is 2.85 bits per heavy atom. The normalized spacial score (nSPS) is 13.3. The first kappa shape index (κ1) is 18.2. The molecule has 138 valence electrons. The summed E-state index contributed by atoms with van der Waals surface area (Å²) in [6.07, 6.45) is 1.69. The van der Waals surface area contributed by atoms with Crippen LogP contribution < -0.4 is 10.6 Å². The lowest BCUT2D eigenvalue weighted by molar-refractivity contribution is 0.102. The first-order valence-corrected chi connectivity index (χ1v) is 10.1. The molecule has 0 fully saturated rings. The molecular weight excluding hydrogens is 378 g/mol. The van der Waals surface area contributed by atoms with E-state index in [1.165, 1.54) is 22.5 Å². The van der Waals surface area contributed by atoms with Gasteiger partial charge in [-0.1, -0.05) is 29.8 Å². The Hall–Kier alpha value is -2.21. The van der Waals surface area contributed by atoms with Crippen molar-refractivity contribution in [1.29, 1.82) is 0 Å². The molecule has 0 unspecified atom stereocenters. The fourth-order valence-corrected chi connectivity index (χ4v) is 4.33. The van der Waals surface area contributed by atoms with E-state index in [-0.39, 0.29) is 5.91 Å². The lowest BCUT2D eigenvalue weighted by Gasteiger charge is -2.17. The maximum Gasteiger partial charge on any atom is 0.256 e. The lowest BCUT2D eigenvalue weighted by atomic mass is 9.98. The predicted molar refractivity (Wildman–Crippen MR) is 111 cm³/mol. The van der Waals surface area contributed by atoms with Gasteiger partial charge in [-0.25, -0.2) is 4.98 Å². The maximum atomic E-state index is 12.7. The molecule has 3 aromatic rings. The van der Waals surface area contributed by atoms with Crippen LogP contribution in [0.5, 0.6) is 0 Å². The molecule has 27 heavy (non-hydrogen) atoms. The van der Waals surface area contributed by atoms with Gasteiger partial charge >= 0.3 is 0 Å². The topological polar surface area (TPSA) is 54.0 Å². The van der Waals surface area contributed by atoms with E-state index in [4.69, 9.17) is 11.6 Å². The summed E-state index contributed by atoms with van der Waals surface area (Å²) in [6, 6.07) is 13.7. The van der Waals surface area contributed by atoms with E-state index in [0.717, 1.165) is 52.2 Å². The molecule has 2 N–H and O–H groups in total. The molecule has 1 aliphatic rings. The number of nitrogens with zero attached hydrogens (tertiary/aromatic N) is 1. The second kappa shape index (κ2) is 7.80. The Balaban J connectivity index is 1.48. The maximum absolute atomic E-state index is 12.7. The number of hydrogen-bond acceptors (Lipinski definition) is 4. The number of thiazole rings is 1. The first-order valence-electron chi connectivity index (χ1n) is 8.93. The van der Waals surface area contributed by atoms with E-state index in [1.807, 2.05) is 49.4 Å². The van der Waals surface area contributed by atoms with Gasteiger partial charge in [-0.15, -0.1) is 11.3 Å².